The van der Waals surface area contributed by atoms with Gasteiger partial charge < -0.3 is 20.5 Å². The van der Waals surface area contributed by atoms with E-state index in [1.807, 2.05) is 6.92 Å². The van der Waals surface area contributed by atoms with Crippen molar-refractivity contribution in [2.45, 2.75) is 42.5 Å². The first-order valence-electron chi connectivity index (χ1n) is 13.0. The standard InChI is InChI=1S/C21H18F6N4O3.C7H8O3S/c1-19(23,24)16-13-8-33-18(28)31-20(13,9-34-16)12-6-11(3-4-14(12)22)30-17(32)15-5-2-10(7-29-15)21(25,26)27;1-6-2-4-7(5-3-6)11(8,9)10/h2-7,13,16H,8-9H2,1H3,(H2,28,31)(H,30,32);2-5H,1H3,(H,8,9,10)/t13-,16+,20-;/m1./s1. The summed E-state index contributed by atoms with van der Waals surface area (Å²) >= 11 is 0. The van der Waals surface area contributed by atoms with Gasteiger partial charge in [-0.25, -0.2) is 18.2 Å². The van der Waals surface area contributed by atoms with Crippen LogP contribution >= 0.6 is 0 Å². The number of nitrogens with one attached hydrogen (secondary N) is 1. The number of hydrogen-bond acceptors (Lipinski definition) is 8. The highest BCUT2D eigenvalue weighted by atomic mass is 32.2. The van der Waals surface area contributed by atoms with Crippen molar-refractivity contribution in [3.8, 4) is 0 Å². The lowest BCUT2D eigenvalue weighted by atomic mass is 9.76. The molecule has 1 saturated heterocycles. The molecule has 3 heterocycles. The maximum atomic E-state index is 14.9. The number of fused-ring (bicyclic) bond motifs is 1. The number of aliphatic imine (C=N–C) groups is 1. The monoisotopic (exact) mass is 660 g/mol. The van der Waals surface area contributed by atoms with Crippen LogP contribution in [0.4, 0.5) is 32.0 Å². The van der Waals surface area contributed by atoms with Gasteiger partial charge >= 0.3 is 6.18 Å². The number of anilines is 1. The third-order valence-electron chi connectivity index (χ3n) is 7.01. The van der Waals surface area contributed by atoms with Gasteiger partial charge in [0.25, 0.3) is 28.0 Å². The topological polar surface area (TPSA) is 153 Å². The molecule has 4 N–H and O–H groups in total. The molecule has 10 nitrogen and oxygen atoms in total. The van der Waals surface area contributed by atoms with Crippen LogP contribution in [0.1, 0.15) is 34.1 Å². The van der Waals surface area contributed by atoms with E-state index in [0.717, 1.165) is 17.7 Å². The van der Waals surface area contributed by atoms with Gasteiger partial charge in [0.15, 0.2) is 0 Å². The zero-order valence-electron chi connectivity index (χ0n) is 23.5. The predicted octanol–water partition coefficient (Wildman–Crippen LogP) is 4.94. The molecule has 3 atom stereocenters. The molecule has 0 radical (unpaired) electrons. The van der Waals surface area contributed by atoms with Crippen LogP contribution in [0, 0.1) is 18.7 Å². The second kappa shape index (κ2) is 12.3. The third kappa shape index (κ3) is 7.54. The van der Waals surface area contributed by atoms with Crippen LogP contribution in [-0.4, -0.2) is 55.1 Å². The molecular weight excluding hydrogens is 634 g/mol. The lowest BCUT2D eigenvalue weighted by molar-refractivity contribution is -0.137. The number of ether oxygens (including phenoxy) is 2. The second-order valence-electron chi connectivity index (χ2n) is 10.3. The van der Waals surface area contributed by atoms with Crippen LogP contribution in [0.2, 0.25) is 0 Å². The Morgan fingerprint density at radius 2 is 1.76 bits per heavy atom. The van der Waals surface area contributed by atoms with Gasteiger partial charge in [0.2, 0.25) is 0 Å². The van der Waals surface area contributed by atoms with Gasteiger partial charge in [-0.05, 0) is 49.4 Å². The fraction of sp³-hybridized carbons (Fsp3) is 0.321. The average molecular weight is 661 g/mol. The summed E-state index contributed by atoms with van der Waals surface area (Å²) in [5.41, 5.74) is 3.50. The molecule has 45 heavy (non-hydrogen) atoms. The maximum absolute atomic E-state index is 14.9. The number of aryl methyl sites for hydroxylation is 1. The molecule has 1 aromatic heterocycles. The Hall–Kier alpha value is -4.22. The van der Waals surface area contributed by atoms with Gasteiger partial charge in [-0.3, -0.25) is 14.3 Å². The number of pyridine rings is 1. The molecule has 0 aliphatic carbocycles. The minimum absolute atomic E-state index is 0.0307. The molecule has 1 amide bonds. The van der Waals surface area contributed by atoms with Crippen LogP contribution in [0.15, 0.2) is 70.7 Å². The molecule has 5 rings (SSSR count). The van der Waals surface area contributed by atoms with E-state index in [1.165, 1.54) is 24.3 Å². The van der Waals surface area contributed by atoms with Gasteiger partial charge in [0, 0.05) is 24.4 Å². The Labute approximate surface area is 253 Å². The van der Waals surface area contributed by atoms with E-state index < -0.39 is 63.7 Å². The van der Waals surface area contributed by atoms with Gasteiger partial charge in [0.1, 0.15) is 23.2 Å². The second-order valence-corrected chi connectivity index (χ2v) is 11.8. The number of amides is 1. The van der Waals surface area contributed by atoms with Crippen molar-refractivity contribution in [3.05, 3.63) is 89.0 Å². The van der Waals surface area contributed by atoms with Crippen molar-refractivity contribution >= 4 is 27.7 Å². The zero-order valence-corrected chi connectivity index (χ0v) is 24.3. The number of carbonyl (C=O) groups excluding carboxylic acids is 1. The number of rotatable bonds is 5. The molecule has 17 heteroatoms. The number of aromatic nitrogens is 1. The van der Waals surface area contributed by atoms with E-state index in [4.69, 9.17) is 19.8 Å². The normalized spacial score (nSPS) is 21.5. The Morgan fingerprint density at radius 3 is 2.31 bits per heavy atom. The summed E-state index contributed by atoms with van der Waals surface area (Å²) in [7, 11) is -4.02. The minimum Gasteiger partial charge on any atom is -0.465 e. The van der Waals surface area contributed by atoms with E-state index in [9.17, 15) is 39.6 Å². The van der Waals surface area contributed by atoms with Gasteiger partial charge in [0.05, 0.1) is 29.6 Å². The molecular formula is C28H26F6N4O6S. The van der Waals surface area contributed by atoms with Crippen LogP contribution < -0.4 is 11.1 Å². The Morgan fingerprint density at radius 1 is 1.09 bits per heavy atom. The minimum atomic E-state index is -4.62. The summed E-state index contributed by atoms with van der Waals surface area (Å²) in [6.07, 6.45) is -5.74. The van der Waals surface area contributed by atoms with Crippen LogP contribution in [0.3, 0.4) is 0 Å². The lowest BCUT2D eigenvalue weighted by Crippen LogP contribution is -2.48. The first-order chi connectivity index (χ1) is 20.8. The number of carbonyl (C=O) groups is 1. The van der Waals surface area contributed by atoms with Crippen LogP contribution in [0.25, 0.3) is 0 Å². The number of alkyl halides is 5. The molecule has 0 bridgehead atoms. The predicted molar refractivity (Wildman–Crippen MR) is 148 cm³/mol. The lowest BCUT2D eigenvalue weighted by Gasteiger charge is -2.37. The molecule has 2 aromatic carbocycles. The molecule has 0 saturated carbocycles. The van der Waals surface area contributed by atoms with E-state index in [0.29, 0.717) is 19.2 Å². The van der Waals surface area contributed by atoms with Crippen molar-refractivity contribution in [1.82, 2.24) is 4.98 Å². The van der Waals surface area contributed by atoms with E-state index >= 15 is 0 Å². The molecule has 3 aromatic rings. The Bertz CT molecular complexity index is 1700. The summed E-state index contributed by atoms with van der Waals surface area (Å²) in [5.74, 6) is -6.04. The first kappa shape index (κ1) is 33.7. The maximum Gasteiger partial charge on any atom is 0.417 e. The molecule has 2 aliphatic heterocycles. The van der Waals surface area contributed by atoms with Crippen molar-refractivity contribution in [2.75, 3.05) is 18.5 Å². The van der Waals surface area contributed by atoms with Crippen molar-refractivity contribution in [3.63, 3.8) is 0 Å². The Kier molecular flexibility index (Phi) is 9.19. The largest absolute Gasteiger partial charge is 0.465 e. The van der Waals surface area contributed by atoms with E-state index in [1.54, 1.807) is 12.1 Å². The summed E-state index contributed by atoms with van der Waals surface area (Å²) < 4.78 is 121. The zero-order chi connectivity index (χ0) is 33.4. The molecule has 0 unspecified atom stereocenters. The van der Waals surface area contributed by atoms with Gasteiger partial charge in [-0.15, -0.1) is 0 Å². The highest BCUT2D eigenvalue weighted by molar-refractivity contribution is 7.85. The molecule has 2 aliphatic rings. The number of amidine groups is 1. The number of benzene rings is 2. The fourth-order valence-electron chi connectivity index (χ4n) is 4.81. The summed E-state index contributed by atoms with van der Waals surface area (Å²) in [6, 6.07) is 10.6. The van der Waals surface area contributed by atoms with Crippen molar-refractivity contribution < 1.29 is 53.6 Å². The average Bonchev–Trinajstić information content (AvgIpc) is 3.34. The number of hydrogen-bond donors (Lipinski definition) is 3. The first-order valence-corrected chi connectivity index (χ1v) is 14.4. The van der Waals surface area contributed by atoms with E-state index in [2.05, 4.69) is 15.3 Å². The number of halogens is 6. The molecule has 1 fully saturated rings. The summed E-state index contributed by atoms with van der Waals surface area (Å²) in [5, 5.41) is 2.40. The Balaban J connectivity index is 0.000000354. The van der Waals surface area contributed by atoms with Crippen LogP contribution in [0.5, 0.6) is 0 Å². The smallest absolute Gasteiger partial charge is 0.417 e. The number of nitrogens with two attached hydrogens (primary N) is 1. The van der Waals surface area contributed by atoms with Gasteiger partial charge in [-0.1, -0.05) is 17.7 Å². The van der Waals surface area contributed by atoms with E-state index in [-0.39, 0.29) is 34.5 Å². The quantitative estimate of drug-likeness (QED) is 0.257. The van der Waals surface area contributed by atoms with Crippen molar-refractivity contribution in [1.29, 1.82) is 0 Å². The summed E-state index contributed by atoms with van der Waals surface area (Å²) in [4.78, 5) is 20.0. The SMILES string of the molecule is CC(F)(F)[C@H]1OC[C@]2(c3cc(NC(=O)c4ccc(C(F)(F)F)cn4)ccc3F)N=C(N)OC[C@H]12.Cc1ccc(S(=O)(=O)O)cc1. The van der Waals surface area contributed by atoms with Gasteiger partial charge in [-0.2, -0.15) is 21.6 Å². The van der Waals surface area contributed by atoms with Crippen LogP contribution in [-0.2, 0) is 31.3 Å². The summed E-state index contributed by atoms with van der Waals surface area (Å²) in [6.45, 7) is 1.80. The number of nitrogens with zero attached hydrogens (tertiary/aromatic N) is 2. The highest BCUT2D eigenvalue weighted by Gasteiger charge is 2.60. The third-order valence-corrected chi connectivity index (χ3v) is 7.88. The highest BCUT2D eigenvalue weighted by Crippen LogP contribution is 2.49. The molecule has 242 valence electrons. The fourth-order valence-corrected chi connectivity index (χ4v) is 5.29. The molecule has 0 spiro atoms. The van der Waals surface area contributed by atoms with Crippen molar-refractivity contribution in [2.24, 2.45) is 16.6 Å².